The van der Waals surface area contributed by atoms with Gasteiger partial charge >= 0.3 is 0 Å². The Morgan fingerprint density at radius 1 is 1.10 bits per heavy atom. The van der Waals surface area contributed by atoms with Crippen molar-refractivity contribution in [1.29, 1.82) is 0 Å². The summed E-state index contributed by atoms with van der Waals surface area (Å²) in [5, 5.41) is 3.32. The van der Waals surface area contributed by atoms with E-state index in [0.29, 0.717) is 0 Å². The van der Waals surface area contributed by atoms with Crippen LogP contribution in [0.25, 0.3) is 0 Å². The minimum atomic E-state index is 0.726. The van der Waals surface area contributed by atoms with Crippen molar-refractivity contribution in [2.75, 3.05) is 20.3 Å². The van der Waals surface area contributed by atoms with E-state index in [0.717, 1.165) is 41.2 Å². The third kappa shape index (κ3) is 5.16. The average molecular weight is 350 g/mol. The van der Waals surface area contributed by atoms with Crippen LogP contribution in [0.1, 0.15) is 11.1 Å². The van der Waals surface area contributed by atoms with Crippen LogP contribution in [0.15, 0.2) is 46.9 Å². The number of halogens is 1. The van der Waals surface area contributed by atoms with E-state index in [9.17, 15) is 0 Å². The first-order valence-corrected chi connectivity index (χ1v) is 7.71. The van der Waals surface area contributed by atoms with Crippen molar-refractivity contribution in [2.24, 2.45) is 0 Å². The number of methoxy groups -OCH3 is 1. The van der Waals surface area contributed by atoms with Gasteiger partial charge in [0.25, 0.3) is 0 Å². The second-order valence-electron chi connectivity index (χ2n) is 4.83. The summed E-state index contributed by atoms with van der Waals surface area (Å²) < 4.78 is 12.0. The Bertz CT molecular complexity index is 570. The normalized spacial score (nSPS) is 10.6. The fraction of sp³-hybridized carbons (Fsp3) is 0.294. The molecule has 2 aromatic carbocycles. The molecule has 0 bridgehead atoms. The molecule has 21 heavy (non-hydrogen) atoms. The van der Waals surface area contributed by atoms with Gasteiger partial charge in [-0.2, -0.15) is 0 Å². The SMILES string of the molecule is COCCNCc1ccc(Oc2ccc(Br)cc2C)cc1. The number of hydrogen-bond donors (Lipinski definition) is 1. The molecule has 0 unspecified atom stereocenters. The third-order valence-corrected chi connectivity index (χ3v) is 3.59. The van der Waals surface area contributed by atoms with Crippen molar-refractivity contribution in [3.63, 3.8) is 0 Å². The van der Waals surface area contributed by atoms with Gasteiger partial charge in [0.2, 0.25) is 0 Å². The molecule has 0 atom stereocenters. The van der Waals surface area contributed by atoms with Gasteiger partial charge in [0.1, 0.15) is 11.5 Å². The summed E-state index contributed by atoms with van der Waals surface area (Å²) >= 11 is 3.45. The molecule has 1 N–H and O–H groups in total. The van der Waals surface area contributed by atoms with Gasteiger partial charge in [-0.25, -0.2) is 0 Å². The van der Waals surface area contributed by atoms with E-state index >= 15 is 0 Å². The van der Waals surface area contributed by atoms with Crippen molar-refractivity contribution < 1.29 is 9.47 Å². The number of nitrogens with one attached hydrogen (secondary N) is 1. The molecule has 0 heterocycles. The van der Waals surface area contributed by atoms with Crippen LogP contribution in [0, 0.1) is 6.92 Å². The zero-order chi connectivity index (χ0) is 15.1. The van der Waals surface area contributed by atoms with E-state index in [4.69, 9.17) is 9.47 Å². The van der Waals surface area contributed by atoms with Crippen molar-refractivity contribution in [1.82, 2.24) is 5.32 Å². The molecule has 2 rings (SSSR count). The summed E-state index contributed by atoms with van der Waals surface area (Å²) in [5.41, 5.74) is 2.33. The maximum atomic E-state index is 5.90. The first-order chi connectivity index (χ1) is 10.2. The van der Waals surface area contributed by atoms with Crippen LogP contribution in [-0.2, 0) is 11.3 Å². The van der Waals surface area contributed by atoms with E-state index in [1.807, 2.05) is 37.3 Å². The molecule has 0 amide bonds. The molecule has 0 aliphatic heterocycles. The van der Waals surface area contributed by atoms with Crippen LogP contribution in [0.3, 0.4) is 0 Å². The summed E-state index contributed by atoms with van der Waals surface area (Å²) in [5.74, 6) is 1.73. The molecule has 0 fully saturated rings. The van der Waals surface area contributed by atoms with Crippen LogP contribution in [0.2, 0.25) is 0 Å². The molecule has 0 aliphatic rings. The fourth-order valence-electron chi connectivity index (χ4n) is 1.94. The van der Waals surface area contributed by atoms with Crippen LogP contribution in [0.5, 0.6) is 11.5 Å². The minimum Gasteiger partial charge on any atom is -0.457 e. The van der Waals surface area contributed by atoms with Crippen molar-refractivity contribution in [3.8, 4) is 11.5 Å². The van der Waals surface area contributed by atoms with Gasteiger partial charge in [0.05, 0.1) is 6.61 Å². The molecule has 0 aromatic heterocycles. The van der Waals surface area contributed by atoms with Gasteiger partial charge in [-0.1, -0.05) is 28.1 Å². The number of aryl methyl sites for hydroxylation is 1. The van der Waals surface area contributed by atoms with Gasteiger partial charge in [0, 0.05) is 24.7 Å². The average Bonchev–Trinajstić information content (AvgIpc) is 2.48. The number of rotatable bonds is 7. The largest absolute Gasteiger partial charge is 0.457 e. The first-order valence-electron chi connectivity index (χ1n) is 6.91. The van der Waals surface area contributed by atoms with Gasteiger partial charge < -0.3 is 14.8 Å². The van der Waals surface area contributed by atoms with E-state index in [-0.39, 0.29) is 0 Å². The highest BCUT2D eigenvalue weighted by atomic mass is 79.9. The van der Waals surface area contributed by atoms with E-state index < -0.39 is 0 Å². The topological polar surface area (TPSA) is 30.5 Å². The second kappa shape index (κ2) is 8.17. The molecule has 0 aliphatic carbocycles. The fourth-order valence-corrected chi connectivity index (χ4v) is 2.41. The van der Waals surface area contributed by atoms with E-state index in [1.165, 1.54) is 5.56 Å². The molecular formula is C17H20BrNO2. The zero-order valence-corrected chi connectivity index (χ0v) is 13.9. The summed E-state index contributed by atoms with van der Waals surface area (Å²) in [6.45, 7) is 4.45. The van der Waals surface area contributed by atoms with Gasteiger partial charge in [0.15, 0.2) is 0 Å². The lowest BCUT2D eigenvalue weighted by atomic mass is 10.2. The molecular weight excluding hydrogens is 330 g/mol. The van der Waals surface area contributed by atoms with Gasteiger partial charge in [-0.05, 0) is 48.4 Å². The molecule has 2 aromatic rings. The second-order valence-corrected chi connectivity index (χ2v) is 5.74. The van der Waals surface area contributed by atoms with Crippen molar-refractivity contribution >= 4 is 15.9 Å². The van der Waals surface area contributed by atoms with Crippen LogP contribution < -0.4 is 10.1 Å². The lowest BCUT2D eigenvalue weighted by Gasteiger charge is -2.10. The minimum absolute atomic E-state index is 0.726. The summed E-state index contributed by atoms with van der Waals surface area (Å²) in [6.07, 6.45) is 0. The smallest absolute Gasteiger partial charge is 0.130 e. The Morgan fingerprint density at radius 3 is 2.52 bits per heavy atom. The van der Waals surface area contributed by atoms with Gasteiger partial charge in [-0.3, -0.25) is 0 Å². The van der Waals surface area contributed by atoms with Gasteiger partial charge in [-0.15, -0.1) is 0 Å². The Hall–Kier alpha value is -1.36. The Kier molecular flexibility index (Phi) is 6.23. The number of benzene rings is 2. The maximum Gasteiger partial charge on any atom is 0.130 e. The standard InChI is InChI=1S/C17H20BrNO2/c1-13-11-15(18)5-8-17(13)21-16-6-3-14(4-7-16)12-19-9-10-20-2/h3-8,11,19H,9-10,12H2,1-2H3. The third-order valence-electron chi connectivity index (χ3n) is 3.10. The zero-order valence-electron chi connectivity index (χ0n) is 12.4. The highest BCUT2D eigenvalue weighted by molar-refractivity contribution is 9.10. The van der Waals surface area contributed by atoms with E-state index in [2.05, 4.69) is 33.4 Å². The van der Waals surface area contributed by atoms with Crippen LogP contribution in [-0.4, -0.2) is 20.3 Å². The van der Waals surface area contributed by atoms with Crippen molar-refractivity contribution in [3.05, 3.63) is 58.1 Å². The summed E-state index contributed by atoms with van der Waals surface area (Å²) in [6, 6.07) is 14.1. The van der Waals surface area contributed by atoms with E-state index in [1.54, 1.807) is 7.11 Å². The first kappa shape index (κ1) is 16.0. The summed E-state index contributed by atoms with van der Waals surface area (Å²) in [4.78, 5) is 0. The Labute approximate surface area is 134 Å². The summed E-state index contributed by atoms with van der Waals surface area (Å²) in [7, 11) is 1.71. The molecule has 3 nitrogen and oxygen atoms in total. The number of ether oxygens (including phenoxy) is 2. The molecule has 0 radical (unpaired) electrons. The molecule has 4 heteroatoms. The highest BCUT2D eigenvalue weighted by Gasteiger charge is 2.02. The quantitative estimate of drug-likeness (QED) is 0.756. The predicted octanol–water partition coefficient (Wildman–Crippen LogP) is 4.29. The monoisotopic (exact) mass is 349 g/mol. The molecule has 0 saturated heterocycles. The van der Waals surface area contributed by atoms with Crippen molar-refractivity contribution in [2.45, 2.75) is 13.5 Å². The molecule has 0 saturated carbocycles. The molecule has 0 spiro atoms. The van der Waals surface area contributed by atoms with Crippen LogP contribution >= 0.6 is 15.9 Å². The molecule has 112 valence electrons. The number of hydrogen-bond acceptors (Lipinski definition) is 3. The highest BCUT2D eigenvalue weighted by Crippen LogP contribution is 2.27. The van der Waals surface area contributed by atoms with Crippen LogP contribution in [0.4, 0.5) is 0 Å². The lowest BCUT2D eigenvalue weighted by molar-refractivity contribution is 0.199. The maximum absolute atomic E-state index is 5.90. The lowest BCUT2D eigenvalue weighted by Crippen LogP contribution is -2.18. The Morgan fingerprint density at radius 2 is 1.86 bits per heavy atom. The predicted molar refractivity (Wildman–Crippen MR) is 89.0 cm³/mol. The Balaban J connectivity index is 1.92.